The molecule has 1 fully saturated rings. The smallest absolute Gasteiger partial charge is 0.0594 e. The molecule has 120 valence electrons. The molecule has 0 spiro atoms. The van der Waals surface area contributed by atoms with Crippen molar-refractivity contribution in [2.24, 2.45) is 5.92 Å². The minimum atomic E-state index is 0.421. The van der Waals surface area contributed by atoms with E-state index in [2.05, 4.69) is 52.7 Å². The molecule has 1 aliphatic heterocycles. The van der Waals surface area contributed by atoms with Crippen LogP contribution in [0.5, 0.6) is 0 Å². The second-order valence-corrected chi connectivity index (χ2v) is 6.43. The van der Waals surface area contributed by atoms with Crippen molar-refractivity contribution in [3.05, 3.63) is 48.0 Å². The molecule has 22 heavy (non-hydrogen) atoms. The van der Waals surface area contributed by atoms with Gasteiger partial charge in [0.05, 0.1) is 13.2 Å². The van der Waals surface area contributed by atoms with Gasteiger partial charge in [-0.15, -0.1) is 0 Å². The van der Waals surface area contributed by atoms with E-state index < -0.39 is 0 Å². The minimum absolute atomic E-state index is 0.421. The Bertz CT molecular complexity index is 454. The summed E-state index contributed by atoms with van der Waals surface area (Å²) in [5.41, 5.74) is 1.40. The van der Waals surface area contributed by atoms with Gasteiger partial charge in [0.25, 0.3) is 0 Å². The standard InChI is InChI=1S/C19H28N2O/c1-3-7-17(8-4-1)15-20-19(18-9-5-2-6-10-18)16-21-11-13-22-14-12-21/h1-3,5-6,9-10,17,19-20H,4,7-8,11-16H2. The zero-order valence-corrected chi connectivity index (χ0v) is 13.4. The second-order valence-electron chi connectivity index (χ2n) is 6.43. The van der Waals surface area contributed by atoms with E-state index in [4.69, 9.17) is 4.74 Å². The maximum Gasteiger partial charge on any atom is 0.0594 e. The molecule has 0 bridgehead atoms. The highest BCUT2D eigenvalue weighted by atomic mass is 16.5. The van der Waals surface area contributed by atoms with Gasteiger partial charge in [-0.05, 0) is 37.3 Å². The Morgan fingerprint density at radius 2 is 1.95 bits per heavy atom. The van der Waals surface area contributed by atoms with Crippen LogP contribution in [0.1, 0.15) is 30.9 Å². The van der Waals surface area contributed by atoms with Crippen molar-refractivity contribution in [2.45, 2.75) is 25.3 Å². The molecule has 1 heterocycles. The van der Waals surface area contributed by atoms with E-state index in [1.165, 1.54) is 24.8 Å². The van der Waals surface area contributed by atoms with E-state index in [-0.39, 0.29) is 0 Å². The van der Waals surface area contributed by atoms with Gasteiger partial charge >= 0.3 is 0 Å². The molecule has 1 aromatic rings. The minimum Gasteiger partial charge on any atom is -0.379 e. The number of benzene rings is 1. The van der Waals surface area contributed by atoms with E-state index in [1.54, 1.807) is 0 Å². The Morgan fingerprint density at radius 3 is 2.68 bits per heavy atom. The summed E-state index contributed by atoms with van der Waals surface area (Å²) in [4.78, 5) is 2.52. The summed E-state index contributed by atoms with van der Waals surface area (Å²) in [6, 6.07) is 11.3. The fourth-order valence-electron chi connectivity index (χ4n) is 3.37. The van der Waals surface area contributed by atoms with E-state index >= 15 is 0 Å². The number of ether oxygens (including phenoxy) is 1. The lowest BCUT2D eigenvalue weighted by atomic mass is 9.94. The first-order chi connectivity index (χ1) is 10.9. The maximum atomic E-state index is 5.47. The predicted molar refractivity (Wildman–Crippen MR) is 90.9 cm³/mol. The Labute approximate surface area is 134 Å². The van der Waals surface area contributed by atoms with Crippen LogP contribution in [0.3, 0.4) is 0 Å². The molecule has 0 saturated carbocycles. The van der Waals surface area contributed by atoms with Gasteiger partial charge in [0, 0.05) is 25.7 Å². The van der Waals surface area contributed by atoms with Crippen LogP contribution in [0.15, 0.2) is 42.5 Å². The number of hydrogen-bond acceptors (Lipinski definition) is 3. The number of hydrogen-bond donors (Lipinski definition) is 1. The van der Waals surface area contributed by atoms with Crippen LogP contribution in [0.4, 0.5) is 0 Å². The fraction of sp³-hybridized carbons (Fsp3) is 0.579. The molecule has 0 radical (unpaired) electrons. The Morgan fingerprint density at radius 1 is 1.14 bits per heavy atom. The molecule has 2 aliphatic rings. The van der Waals surface area contributed by atoms with Crippen molar-refractivity contribution in [1.29, 1.82) is 0 Å². The number of morpholine rings is 1. The maximum absolute atomic E-state index is 5.47. The van der Waals surface area contributed by atoms with Crippen molar-refractivity contribution in [1.82, 2.24) is 10.2 Å². The van der Waals surface area contributed by atoms with Gasteiger partial charge in [-0.25, -0.2) is 0 Å². The van der Waals surface area contributed by atoms with E-state index in [0.29, 0.717) is 6.04 Å². The third-order valence-electron chi connectivity index (χ3n) is 4.78. The first-order valence-electron chi connectivity index (χ1n) is 8.65. The van der Waals surface area contributed by atoms with Crippen LogP contribution in [-0.4, -0.2) is 44.3 Å². The van der Waals surface area contributed by atoms with Crippen LogP contribution in [0.2, 0.25) is 0 Å². The topological polar surface area (TPSA) is 24.5 Å². The van der Waals surface area contributed by atoms with Gasteiger partial charge in [0.15, 0.2) is 0 Å². The summed E-state index contributed by atoms with van der Waals surface area (Å²) in [5, 5.41) is 3.84. The van der Waals surface area contributed by atoms with Crippen molar-refractivity contribution >= 4 is 0 Å². The summed E-state index contributed by atoms with van der Waals surface area (Å²) in [5.74, 6) is 0.793. The molecule has 1 aromatic carbocycles. The molecule has 1 saturated heterocycles. The largest absolute Gasteiger partial charge is 0.379 e. The van der Waals surface area contributed by atoms with Crippen molar-refractivity contribution in [3.63, 3.8) is 0 Å². The van der Waals surface area contributed by atoms with Gasteiger partial charge in [-0.3, -0.25) is 4.90 Å². The summed E-state index contributed by atoms with van der Waals surface area (Å²) in [7, 11) is 0. The highest BCUT2D eigenvalue weighted by Gasteiger charge is 2.19. The van der Waals surface area contributed by atoms with Gasteiger partial charge in [-0.2, -0.15) is 0 Å². The highest BCUT2D eigenvalue weighted by molar-refractivity contribution is 5.19. The number of nitrogens with one attached hydrogen (secondary N) is 1. The average molecular weight is 300 g/mol. The molecule has 0 amide bonds. The molecule has 2 atom stereocenters. The predicted octanol–water partition coefficient (Wildman–Crippen LogP) is 3.01. The molecule has 1 aliphatic carbocycles. The monoisotopic (exact) mass is 300 g/mol. The van der Waals surface area contributed by atoms with E-state index in [0.717, 1.165) is 45.3 Å². The zero-order valence-electron chi connectivity index (χ0n) is 13.4. The molecule has 3 heteroatoms. The van der Waals surface area contributed by atoms with Gasteiger partial charge in [-0.1, -0.05) is 42.5 Å². The summed E-state index contributed by atoms with van der Waals surface area (Å²) in [6.07, 6.45) is 8.45. The number of nitrogens with zero attached hydrogens (tertiary/aromatic N) is 1. The van der Waals surface area contributed by atoms with Crippen molar-refractivity contribution in [3.8, 4) is 0 Å². The molecule has 0 aromatic heterocycles. The Balaban J connectivity index is 1.59. The molecule has 3 nitrogen and oxygen atoms in total. The molecule has 1 N–H and O–H groups in total. The Hall–Kier alpha value is -1.16. The van der Waals surface area contributed by atoms with Gasteiger partial charge < -0.3 is 10.1 Å². The first kappa shape index (κ1) is 15.7. The van der Waals surface area contributed by atoms with Crippen LogP contribution in [0.25, 0.3) is 0 Å². The lowest BCUT2D eigenvalue weighted by molar-refractivity contribution is 0.0332. The quantitative estimate of drug-likeness (QED) is 0.817. The van der Waals surface area contributed by atoms with Crippen LogP contribution in [0, 0.1) is 5.92 Å². The number of rotatable bonds is 6. The third-order valence-corrected chi connectivity index (χ3v) is 4.78. The molecular weight excluding hydrogens is 272 g/mol. The SMILES string of the molecule is C1=CCC(CNC(CN2CCOCC2)c2ccccc2)CC1. The van der Waals surface area contributed by atoms with E-state index in [9.17, 15) is 0 Å². The average Bonchev–Trinajstić information content (AvgIpc) is 2.61. The van der Waals surface area contributed by atoms with Gasteiger partial charge in [0.1, 0.15) is 0 Å². The lowest BCUT2D eigenvalue weighted by Gasteiger charge is -2.32. The Kier molecular flexibility index (Phi) is 6.05. The van der Waals surface area contributed by atoms with Crippen molar-refractivity contribution < 1.29 is 4.74 Å². The summed E-state index contributed by atoms with van der Waals surface area (Å²) in [6.45, 7) is 6.04. The number of allylic oxidation sites excluding steroid dienone is 2. The summed E-state index contributed by atoms with van der Waals surface area (Å²) < 4.78 is 5.47. The third kappa shape index (κ3) is 4.67. The van der Waals surface area contributed by atoms with E-state index in [1.807, 2.05) is 0 Å². The van der Waals surface area contributed by atoms with Crippen LogP contribution >= 0.6 is 0 Å². The lowest BCUT2D eigenvalue weighted by Crippen LogP contribution is -2.42. The first-order valence-corrected chi connectivity index (χ1v) is 8.65. The summed E-state index contributed by atoms with van der Waals surface area (Å²) >= 11 is 0. The molecule has 3 rings (SSSR count). The van der Waals surface area contributed by atoms with Crippen LogP contribution < -0.4 is 5.32 Å². The van der Waals surface area contributed by atoms with Gasteiger partial charge in [0.2, 0.25) is 0 Å². The zero-order chi connectivity index (χ0) is 15.0. The second kappa shape index (κ2) is 8.47. The normalized spacial score (nSPS) is 24.3. The van der Waals surface area contributed by atoms with Crippen LogP contribution in [-0.2, 0) is 4.74 Å². The van der Waals surface area contributed by atoms with Crippen molar-refractivity contribution in [2.75, 3.05) is 39.4 Å². The molecular formula is C19H28N2O. The highest BCUT2D eigenvalue weighted by Crippen LogP contribution is 2.20. The molecule has 2 unspecified atom stereocenters. The fourth-order valence-corrected chi connectivity index (χ4v) is 3.37.